The van der Waals surface area contributed by atoms with Crippen molar-refractivity contribution in [3.8, 4) is 5.75 Å². The van der Waals surface area contributed by atoms with Crippen LogP contribution in [0.1, 0.15) is 24.1 Å². The summed E-state index contributed by atoms with van der Waals surface area (Å²) in [6.07, 6.45) is 0. The van der Waals surface area contributed by atoms with E-state index in [9.17, 15) is 8.78 Å². The average molecular weight is 336 g/mol. The number of ether oxygens (including phenoxy) is 1. The Morgan fingerprint density at radius 1 is 1.13 bits per heavy atom. The smallest absolute Gasteiger partial charge is 0.387 e. The molecular weight excluding hydrogens is 318 g/mol. The van der Waals surface area contributed by atoms with Gasteiger partial charge < -0.3 is 15.4 Å². The molecular formula is C17H18F2N2OS. The van der Waals surface area contributed by atoms with E-state index in [1.54, 1.807) is 19.1 Å². The molecule has 6 heteroatoms. The van der Waals surface area contributed by atoms with Crippen LogP contribution in [0.2, 0.25) is 0 Å². The van der Waals surface area contributed by atoms with Gasteiger partial charge in [-0.3, -0.25) is 0 Å². The predicted molar refractivity (Wildman–Crippen MR) is 92.0 cm³/mol. The van der Waals surface area contributed by atoms with Gasteiger partial charge in [0.25, 0.3) is 0 Å². The molecule has 0 saturated heterocycles. The number of rotatable bonds is 5. The molecule has 0 saturated carbocycles. The lowest BCUT2D eigenvalue weighted by atomic mass is 10.1. The fourth-order valence-corrected chi connectivity index (χ4v) is 2.39. The quantitative estimate of drug-likeness (QED) is 0.779. The minimum absolute atomic E-state index is 0.0129. The molecule has 0 aliphatic rings. The molecule has 1 atom stereocenters. The van der Waals surface area contributed by atoms with E-state index >= 15 is 0 Å². The van der Waals surface area contributed by atoms with Crippen molar-refractivity contribution in [1.82, 2.24) is 5.32 Å². The normalized spacial score (nSPS) is 11.9. The summed E-state index contributed by atoms with van der Waals surface area (Å²) < 4.78 is 29.5. The average Bonchev–Trinajstić information content (AvgIpc) is 2.50. The number of benzene rings is 2. The molecule has 1 unspecified atom stereocenters. The third-order valence-corrected chi connectivity index (χ3v) is 3.47. The standard InChI is InChI=1S/C17H18F2N2OS/c1-11-8-9-14(15(10-11)22-16(18)19)21-17(23)20-12(2)13-6-4-3-5-7-13/h3-10,12,16H,1-2H3,(H2,20,21,23). The monoisotopic (exact) mass is 336 g/mol. The molecule has 0 aliphatic carbocycles. The van der Waals surface area contributed by atoms with Crippen LogP contribution < -0.4 is 15.4 Å². The predicted octanol–water partition coefficient (Wildman–Crippen LogP) is 4.64. The van der Waals surface area contributed by atoms with Gasteiger partial charge in [-0.05, 0) is 49.3 Å². The van der Waals surface area contributed by atoms with Crippen molar-refractivity contribution in [2.75, 3.05) is 5.32 Å². The first-order chi connectivity index (χ1) is 11.0. The Bertz CT molecular complexity index is 665. The van der Waals surface area contributed by atoms with E-state index in [1.807, 2.05) is 37.3 Å². The van der Waals surface area contributed by atoms with Gasteiger partial charge in [-0.1, -0.05) is 36.4 Å². The lowest BCUT2D eigenvalue weighted by molar-refractivity contribution is -0.0493. The van der Waals surface area contributed by atoms with Gasteiger partial charge in [-0.2, -0.15) is 8.78 Å². The molecule has 2 N–H and O–H groups in total. The minimum Gasteiger partial charge on any atom is -0.433 e. The molecule has 2 aromatic rings. The molecule has 2 rings (SSSR count). The number of anilines is 1. The number of alkyl halides is 2. The van der Waals surface area contributed by atoms with Crippen LogP contribution in [0.3, 0.4) is 0 Å². The van der Waals surface area contributed by atoms with Gasteiger partial charge in [0.15, 0.2) is 5.11 Å². The first kappa shape index (κ1) is 17.1. The second kappa shape index (κ2) is 7.87. The summed E-state index contributed by atoms with van der Waals surface area (Å²) in [5, 5.41) is 6.36. The Kier molecular flexibility index (Phi) is 5.87. The van der Waals surface area contributed by atoms with Crippen molar-refractivity contribution in [2.45, 2.75) is 26.5 Å². The lowest BCUT2D eigenvalue weighted by Gasteiger charge is -2.19. The fourth-order valence-electron chi connectivity index (χ4n) is 2.11. The molecule has 0 bridgehead atoms. The Morgan fingerprint density at radius 3 is 2.48 bits per heavy atom. The topological polar surface area (TPSA) is 33.3 Å². The first-order valence-corrected chi connectivity index (χ1v) is 7.54. The number of halogens is 2. The van der Waals surface area contributed by atoms with E-state index in [1.165, 1.54) is 6.07 Å². The van der Waals surface area contributed by atoms with Crippen LogP contribution in [0.15, 0.2) is 48.5 Å². The molecule has 0 amide bonds. The van der Waals surface area contributed by atoms with E-state index in [-0.39, 0.29) is 11.8 Å². The van der Waals surface area contributed by atoms with Crippen molar-refractivity contribution in [2.24, 2.45) is 0 Å². The zero-order chi connectivity index (χ0) is 16.8. The molecule has 2 aromatic carbocycles. The van der Waals surface area contributed by atoms with Crippen LogP contribution in [0, 0.1) is 6.92 Å². The van der Waals surface area contributed by atoms with Crippen molar-refractivity contribution in [1.29, 1.82) is 0 Å². The highest BCUT2D eigenvalue weighted by atomic mass is 32.1. The Morgan fingerprint density at radius 2 is 1.83 bits per heavy atom. The lowest BCUT2D eigenvalue weighted by Crippen LogP contribution is -2.31. The van der Waals surface area contributed by atoms with Gasteiger partial charge in [-0.25, -0.2) is 0 Å². The van der Waals surface area contributed by atoms with Crippen LogP contribution >= 0.6 is 12.2 Å². The summed E-state index contributed by atoms with van der Waals surface area (Å²) in [7, 11) is 0. The van der Waals surface area contributed by atoms with Crippen molar-refractivity contribution >= 4 is 23.0 Å². The molecule has 0 aliphatic heterocycles. The van der Waals surface area contributed by atoms with Gasteiger partial charge in [0.2, 0.25) is 0 Å². The zero-order valence-corrected chi connectivity index (χ0v) is 13.7. The van der Waals surface area contributed by atoms with Crippen molar-refractivity contribution in [3.05, 3.63) is 59.7 Å². The van der Waals surface area contributed by atoms with Gasteiger partial charge in [0, 0.05) is 0 Å². The molecule has 3 nitrogen and oxygen atoms in total. The van der Waals surface area contributed by atoms with E-state index in [0.717, 1.165) is 11.1 Å². The summed E-state index contributed by atoms with van der Waals surface area (Å²) in [5.74, 6) is 0.0662. The molecule has 0 radical (unpaired) electrons. The largest absolute Gasteiger partial charge is 0.433 e. The maximum atomic E-state index is 12.5. The van der Waals surface area contributed by atoms with Gasteiger partial charge >= 0.3 is 6.61 Å². The fraction of sp³-hybridized carbons (Fsp3) is 0.235. The number of thiocarbonyl (C=S) groups is 1. The van der Waals surface area contributed by atoms with Crippen molar-refractivity contribution in [3.63, 3.8) is 0 Å². The Balaban J connectivity index is 2.05. The van der Waals surface area contributed by atoms with Crippen molar-refractivity contribution < 1.29 is 13.5 Å². The molecule has 0 aromatic heterocycles. The van der Waals surface area contributed by atoms with Gasteiger partial charge in [0.1, 0.15) is 5.75 Å². The highest BCUT2D eigenvalue weighted by Gasteiger charge is 2.12. The van der Waals surface area contributed by atoms with E-state index in [4.69, 9.17) is 12.2 Å². The third-order valence-electron chi connectivity index (χ3n) is 3.25. The number of aryl methyl sites for hydroxylation is 1. The summed E-state index contributed by atoms with van der Waals surface area (Å²) in [6.45, 7) is 0.882. The van der Waals surface area contributed by atoms with Crippen LogP contribution in [-0.4, -0.2) is 11.7 Å². The van der Waals surface area contributed by atoms with Crippen LogP contribution in [0.5, 0.6) is 5.75 Å². The first-order valence-electron chi connectivity index (χ1n) is 7.13. The highest BCUT2D eigenvalue weighted by molar-refractivity contribution is 7.80. The maximum absolute atomic E-state index is 12.5. The van der Waals surface area contributed by atoms with Crippen LogP contribution in [0.4, 0.5) is 14.5 Å². The number of hydrogen-bond acceptors (Lipinski definition) is 2. The number of nitrogens with one attached hydrogen (secondary N) is 2. The summed E-state index contributed by atoms with van der Waals surface area (Å²) in [4.78, 5) is 0. The summed E-state index contributed by atoms with van der Waals surface area (Å²) in [5.41, 5.74) is 2.29. The van der Waals surface area contributed by atoms with E-state index in [0.29, 0.717) is 10.8 Å². The molecule has 0 fully saturated rings. The summed E-state index contributed by atoms with van der Waals surface area (Å²) in [6, 6.07) is 14.8. The Hall–Kier alpha value is -2.21. The SMILES string of the molecule is Cc1ccc(NC(=S)NC(C)c2ccccc2)c(OC(F)F)c1. The number of hydrogen-bond donors (Lipinski definition) is 2. The molecule has 0 spiro atoms. The molecule has 0 heterocycles. The maximum Gasteiger partial charge on any atom is 0.387 e. The minimum atomic E-state index is -2.89. The van der Waals surface area contributed by atoms with Gasteiger partial charge in [-0.15, -0.1) is 0 Å². The molecule has 23 heavy (non-hydrogen) atoms. The summed E-state index contributed by atoms with van der Waals surface area (Å²) >= 11 is 5.25. The van der Waals surface area contributed by atoms with E-state index in [2.05, 4.69) is 15.4 Å². The van der Waals surface area contributed by atoms with Gasteiger partial charge in [0.05, 0.1) is 11.7 Å². The zero-order valence-electron chi connectivity index (χ0n) is 12.8. The second-order valence-electron chi connectivity index (χ2n) is 5.11. The second-order valence-corrected chi connectivity index (χ2v) is 5.52. The Labute approximate surface area is 139 Å². The van der Waals surface area contributed by atoms with Crippen LogP contribution in [0.25, 0.3) is 0 Å². The third kappa shape index (κ3) is 5.17. The molecule has 122 valence electrons. The highest BCUT2D eigenvalue weighted by Crippen LogP contribution is 2.27. The van der Waals surface area contributed by atoms with E-state index < -0.39 is 6.61 Å². The van der Waals surface area contributed by atoms with Crippen LogP contribution in [-0.2, 0) is 0 Å².